The summed E-state index contributed by atoms with van der Waals surface area (Å²) in [5.41, 5.74) is 1.38. The monoisotopic (exact) mass is 245 g/mol. The molecular weight excluding hydrogens is 230 g/mol. The van der Waals surface area contributed by atoms with Gasteiger partial charge in [-0.1, -0.05) is 0 Å². The SMILES string of the molecule is Cc1cc(NC(=O)C(C)n2cccn2)ccc1O. The van der Waals surface area contributed by atoms with Crippen LogP contribution in [0.4, 0.5) is 5.69 Å². The summed E-state index contributed by atoms with van der Waals surface area (Å²) < 4.78 is 1.59. The number of anilines is 1. The fourth-order valence-electron chi connectivity index (χ4n) is 1.61. The zero-order chi connectivity index (χ0) is 13.1. The molecule has 5 heteroatoms. The van der Waals surface area contributed by atoms with Gasteiger partial charge < -0.3 is 10.4 Å². The normalized spacial score (nSPS) is 12.1. The lowest BCUT2D eigenvalue weighted by molar-refractivity contribution is -0.119. The van der Waals surface area contributed by atoms with Crippen LogP contribution in [0.1, 0.15) is 18.5 Å². The minimum Gasteiger partial charge on any atom is -0.508 e. The van der Waals surface area contributed by atoms with E-state index in [1.807, 2.05) is 0 Å². The molecule has 1 heterocycles. The summed E-state index contributed by atoms with van der Waals surface area (Å²) in [6.07, 6.45) is 3.38. The summed E-state index contributed by atoms with van der Waals surface area (Å²) in [5, 5.41) is 16.2. The van der Waals surface area contributed by atoms with E-state index in [-0.39, 0.29) is 17.7 Å². The van der Waals surface area contributed by atoms with Crippen LogP contribution in [0.5, 0.6) is 5.75 Å². The van der Waals surface area contributed by atoms with Crippen LogP contribution in [0.15, 0.2) is 36.7 Å². The highest BCUT2D eigenvalue weighted by atomic mass is 16.3. The third-order valence-corrected chi connectivity index (χ3v) is 2.77. The highest BCUT2D eigenvalue weighted by Crippen LogP contribution is 2.20. The Morgan fingerprint density at radius 2 is 2.28 bits per heavy atom. The third-order valence-electron chi connectivity index (χ3n) is 2.77. The second-order valence-corrected chi connectivity index (χ2v) is 4.15. The second kappa shape index (κ2) is 4.91. The Labute approximate surface area is 105 Å². The summed E-state index contributed by atoms with van der Waals surface area (Å²) in [7, 11) is 0. The minimum atomic E-state index is -0.380. The lowest BCUT2D eigenvalue weighted by Gasteiger charge is -2.13. The first kappa shape index (κ1) is 12.2. The van der Waals surface area contributed by atoms with Crippen molar-refractivity contribution in [2.75, 3.05) is 5.32 Å². The van der Waals surface area contributed by atoms with E-state index in [9.17, 15) is 9.90 Å². The molecule has 0 saturated heterocycles. The molecular formula is C13H15N3O2. The summed E-state index contributed by atoms with van der Waals surface area (Å²) in [5.74, 6) is 0.0666. The number of hydrogen-bond donors (Lipinski definition) is 2. The van der Waals surface area contributed by atoms with Crippen molar-refractivity contribution >= 4 is 11.6 Å². The van der Waals surface area contributed by atoms with Crippen molar-refractivity contribution in [2.45, 2.75) is 19.9 Å². The van der Waals surface area contributed by atoms with Crippen LogP contribution < -0.4 is 5.32 Å². The van der Waals surface area contributed by atoms with E-state index in [0.717, 1.165) is 5.56 Å². The predicted molar refractivity (Wildman–Crippen MR) is 68.4 cm³/mol. The molecule has 2 N–H and O–H groups in total. The zero-order valence-electron chi connectivity index (χ0n) is 10.3. The Hall–Kier alpha value is -2.30. The maximum Gasteiger partial charge on any atom is 0.248 e. The quantitative estimate of drug-likeness (QED) is 0.814. The number of carbonyl (C=O) groups is 1. The highest BCUT2D eigenvalue weighted by Gasteiger charge is 2.15. The first-order valence-corrected chi connectivity index (χ1v) is 5.67. The fourth-order valence-corrected chi connectivity index (χ4v) is 1.61. The maximum absolute atomic E-state index is 12.0. The first-order valence-electron chi connectivity index (χ1n) is 5.67. The molecule has 1 amide bonds. The first-order chi connectivity index (χ1) is 8.58. The van der Waals surface area contributed by atoms with Crippen LogP contribution in [-0.2, 0) is 4.79 Å². The average molecular weight is 245 g/mol. The van der Waals surface area contributed by atoms with Crippen molar-refractivity contribution in [3.05, 3.63) is 42.2 Å². The molecule has 0 spiro atoms. The van der Waals surface area contributed by atoms with Gasteiger partial charge in [-0.05, 0) is 43.7 Å². The van der Waals surface area contributed by atoms with Crippen molar-refractivity contribution < 1.29 is 9.90 Å². The summed E-state index contributed by atoms with van der Waals surface area (Å²) in [6, 6.07) is 6.34. The van der Waals surface area contributed by atoms with Gasteiger partial charge in [-0.15, -0.1) is 0 Å². The number of rotatable bonds is 3. The minimum absolute atomic E-state index is 0.149. The molecule has 0 aliphatic carbocycles. The number of aryl methyl sites for hydroxylation is 1. The number of carbonyl (C=O) groups excluding carboxylic acids is 1. The standard InChI is InChI=1S/C13H15N3O2/c1-9-8-11(4-5-12(9)17)15-13(18)10(2)16-7-3-6-14-16/h3-8,10,17H,1-2H3,(H,15,18). The molecule has 0 fully saturated rings. The molecule has 0 aliphatic rings. The molecule has 0 aliphatic heterocycles. The summed E-state index contributed by atoms with van der Waals surface area (Å²) >= 11 is 0. The van der Waals surface area contributed by atoms with E-state index >= 15 is 0 Å². The number of nitrogens with zero attached hydrogens (tertiary/aromatic N) is 2. The van der Waals surface area contributed by atoms with Gasteiger partial charge in [0, 0.05) is 18.1 Å². The molecule has 18 heavy (non-hydrogen) atoms. The number of phenolic OH excluding ortho intramolecular Hbond substituents is 1. The van der Waals surface area contributed by atoms with Crippen LogP contribution >= 0.6 is 0 Å². The average Bonchev–Trinajstić information content (AvgIpc) is 2.86. The van der Waals surface area contributed by atoms with Crippen molar-refractivity contribution in [3.8, 4) is 5.75 Å². The number of aromatic nitrogens is 2. The van der Waals surface area contributed by atoms with Crippen molar-refractivity contribution in [1.82, 2.24) is 9.78 Å². The number of phenols is 1. The summed E-state index contributed by atoms with van der Waals surface area (Å²) in [6.45, 7) is 3.55. The van der Waals surface area contributed by atoms with Crippen molar-refractivity contribution in [1.29, 1.82) is 0 Å². The van der Waals surface area contributed by atoms with Crippen molar-refractivity contribution in [2.24, 2.45) is 0 Å². The topological polar surface area (TPSA) is 67.2 Å². The van der Waals surface area contributed by atoms with Gasteiger partial charge in [0.05, 0.1) is 0 Å². The Balaban J connectivity index is 2.09. The van der Waals surface area contributed by atoms with Gasteiger partial charge in [0.25, 0.3) is 0 Å². The van der Waals surface area contributed by atoms with Crippen LogP contribution in [0.25, 0.3) is 0 Å². The zero-order valence-corrected chi connectivity index (χ0v) is 10.3. The molecule has 1 aromatic carbocycles. The van der Waals surface area contributed by atoms with Crippen LogP contribution in [0, 0.1) is 6.92 Å². The molecule has 1 unspecified atom stereocenters. The molecule has 0 radical (unpaired) electrons. The Kier molecular flexibility index (Phi) is 3.32. The molecule has 2 rings (SSSR count). The highest BCUT2D eigenvalue weighted by molar-refractivity contribution is 5.93. The Morgan fingerprint density at radius 3 is 2.89 bits per heavy atom. The second-order valence-electron chi connectivity index (χ2n) is 4.15. The Bertz CT molecular complexity index is 549. The van der Waals surface area contributed by atoms with Crippen LogP contribution in [0.2, 0.25) is 0 Å². The number of nitrogens with one attached hydrogen (secondary N) is 1. The van der Waals surface area contributed by atoms with Crippen LogP contribution in [0.3, 0.4) is 0 Å². The van der Waals surface area contributed by atoms with E-state index in [2.05, 4.69) is 10.4 Å². The van der Waals surface area contributed by atoms with Gasteiger partial charge in [0.15, 0.2) is 0 Å². The van der Waals surface area contributed by atoms with E-state index in [1.165, 1.54) is 0 Å². The van der Waals surface area contributed by atoms with Gasteiger partial charge in [0.2, 0.25) is 5.91 Å². The van der Waals surface area contributed by atoms with E-state index < -0.39 is 0 Å². The van der Waals surface area contributed by atoms with Gasteiger partial charge in [-0.25, -0.2) is 0 Å². The van der Waals surface area contributed by atoms with E-state index in [1.54, 1.807) is 55.2 Å². The molecule has 2 aromatic rings. The molecule has 1 atom stereocenters. The maximum atomic E-state index is 12.0. The number of hydrogen-bond acceptors (Lipinski definition) is 3. The third kappa shape index (κ3) is 2.51. The number of aromatic hydroxyl groups is 1. The smallest absolute Gasteiger partial charge is 0.248 e. The molecule has 94 valence electrons. The summed E-state index contributed by atoms with van der Waals surface area (Å²) in [4.78, 5) is 12.0. The van der Waals surface area contributed by atoms with Crippen molar-refractivity contribution in [3.63, 3.8) is 0 Å². The largest absolute Gasteiger partial charge is 0.508 e. The number of amides is 1. The predicted octanol–water partition coefficient (Wildman–Crippen LogP) is 2.10. The molecule has 1 aromatic heterocycles. The van der Waals surface area contributed by atoms with E-state index in [4.69, 9.17) is 0 Å². The lowest BCUT2D eigenvalue weighted by Crippen LogP contribution is -2.23. The molecule has 0 saturated carbocycles. The van der Waals surface area contributed by atoms with Gasteiger partial charge in [-0.2, -0.15) is 5.10 Å². The lowest BCUT2D eigenvalue weighted by atomic mass is 10.2. The van der Waals surface area contributed by atoms with Gasteiger partial charge >= 0.3 is 0 Å². The molecule has 0 bridgehead atoms. The fraction of sp³-hybridized carbons (Fsp3) is 0.231. The molecule has 5 nitrogen and oxygen atoms in total. The van der Waals surface area contributed by atoms with E-state index in [0.29, 0.717) is 5.69 Å². The van der Waals surface area contributed by atoms with Gasteiger partial charge in [-0.3, -0.25) is 9.48 Å². The number of benzene rings is 1. The van der Waals surface area contributed by atoms with Crippen LogP contribution in [-0.4, -0.2) is 20.8 Å². The Morgan fingerprint density at radius 1 is 1.50 bits per heavy atom. The van der Waals surface area contributed by atoms with Gasteiger partial charge in [0.1, 0.15) is 11.8 Å².